The van der Waals surface area contributed by atoms with Gasteiger partial charge in [0, 0.05) is 9.52 Å². The smallest absolute Gasteiger partial charge is 1.00 e. The Morgan fingerprint density at radius 1 is 1.05 bits per heavy atom. The normalized spacial score (nSPS) is 9.60. The predicted molar refractivity (Wildman–Crippen MR) is 80.3 cm³/mol. The second-order valence-corrected chi connectivity index (χ2v) is 5.11. The van der Waals surface area contributed by atoms with E-state index in [9.17, 15) is 0 Å². The van der Waals surface area contributed by atoms with Crippen molar-refractivity contribution in [2.75, 3.05) is 0 Å². The number of allylic oxidation sites excluding steroid dienone is 4. The standard InChI is InChI=1S/C8H10N.C5H5.C2H7Si.2ClH.Hf/c1-6-3-7(2)5-8(9)4-6;1-2-4-5-3-1;1-3-2;;;/h3-5,9H,1-2H3;1-3H,4H2;3H,1-2H3;2*1H;/q2*-1;;;;+4/p-2. The number of hydrogen-bond donors (Lipinski definition) is 0. The average molecular weight is 494 g/mol. The molecule has 1 aromatic rings. The van der Waals surface area contributed by atoms with Crippen molar-refractivity contribution in [3.05, 3.63) is 59.4 Å². The van der Waals surface area contributed by atoms with Crippen molar-refractivity contribution in [1.29, 1.82) is 0 Å². The van der Waals surface area contributed by atoms with Crippen molar-refractivity contribution in [2.24, 2.45) is 0 Å². The SMILES string of the molecule is C[SiH]C.Cc1cc(C)cc([NH-])c1.[C-]1=CC=CC1.[Cl-].[Cl-].[Hf+4]. The number of hydrogen-bond acceptors (Lipinski definition) is 0. The van der Waals surface area contributed by atoms with Crippen LogP contribution in [0.4, 0.5) is 5.69 Å². The predicted octanol–water partition coefficient (Wildman–Crippen LogP) is -1.18. The Hall–Kier alpha value is 0.167. The van der Waals surface area contributed by atoms with E-state index in [0.29, 0.717) is 5.69 Å². The van der Waals surface area contributed by atoms with Gasteiger partial charge >= 0.3 is 25.8 Å². The van der Waals surface area contributed by atoms with Crippen LogP contribution in [0, 0.1) is 19.9 Å². The summed E-state index contributed by atoms with van der Waals surface area (Å²) in [5, 5.41) is 0. The summed E-state index contributed by atoms with van der Waals surface area (Å²) in [6, 6.07) is 5.78. The van der Waals surface area contributed by atoms with Gasteiger partial charge < -0.3 is 30.5 Å². The number of nitrogens with one attached hydrogen (secondary N) is 1. The van der Waals surface area contributed by atoms with Crippen LogP contribution in [0.15, 0.2) is 36.4 Å². The van der Waals surface area contributed by atoms with Gasteiger partial charge in [0.15, 0.2) is 0 Å². The van der Waals surface area contributed by atoms with E-state index in [4.69, 9.17) is 5.73 Å². The van der Waals surface area contributed by atoms with Gasteiger partial charge in [-0.1, -0.05) is 42.4 Å². The first kappa shape index (κ1) is 28.3. The molecule has 20 heavy (non-hydrogen) atoms. The van der Waals surface area contributed by atoms with Crippen LogP contribution >= 0.6 is 0 Å². The van der Waals surface area contributed by atoms with E-state index in [2.05, 4.69) is 31.3 Å². The number of aryl methyl sites for hydroxylation is 2. The fraction of sp³-hybridized carbons (Fsp3) is 0.333. The molecule has 0 heterocycles. The summed E-state index contributed by atoms with van der Waals surface area (Å²) >= 11 is 0. The van der Waals surface area contributed by atoms with E-state index in [-0.39, 0.29) is 50.7 Å². The largest absolute Gasteiger partial charge is 4.00 e. The van der Waals surface area contributed by atoms with Crippen LogP contribution in [0.2, 0.25) is 13.1 Å². The molecule has 2 rings (SSSR count). The van der Waals surface area contributed by atoms with Gasteiger partial charge in [-0.2, -0.15) is 6.08 Å². The second-order valence-electron chi connectivity index (χ2n) is 3.96. The Morgan fingerprint density at radius 3 is 1.70 bits per heavy atom. The van der Waals surface area contributed by atoms with Crippen LogP contribution in [0.5, 0.6) is 0 Å². The quantitative estimate of drug-likeness (QED) is 0.321. The molecule has 0 atom stereocenters. The van der Waals surface area contributed by atoms with Crippen LogP contribution in [-0.2, 0) is 25.8 Å². The van der Waals surface area contributed by atoms with Crippen molar-refractivity contribution in [3.8, 4) is 0 Å². The molecule has 0 saturated heterocycles. The van der Waals surface area contributed by atoms with Gasteiger partial charge in [0.2, 0.25) is 0 Å². The maximum atomic E-state index is 7.28. The van der Waals surface area contributed by atoms with Crippen molar-refractivity contribution < 1.29 is 50.7 Å². The molecular formula is C15H22Cl2HfNSi. The molecule has 1 aliphatic carbocycles. The summed E-state index contributed by atoms with van der Waals surface area (Å²) in [5.41, 5.74) is 10.2. The number of benzene rings is 1. The minimum Gasteiger partial charge on any atom is -1.00 e. The summed E-state index contributed by atoms with van der Waals surface area (Å²) in [7, 11) is 0.750. The fourth-order valence-corrected chi connectivity index (χ4v) is 1.31. The molecule has 0 bridgehead atoms. The van der Waals surface area contributed by atoms with E-state index < -0.39 is 0 Å². The number of rotatable bonds is 0. The van der Waals surface area contributed by atoms with E-state index >= 15 is 0 Å². The summed E-state index contributed by atoms with van der Waals surface area (Å²) in [5.74, 6) is 0. The molecule has 1 nitrogen and oxygen atoms in total. The molecule has 109 valence electrons. The molecule has 1 N–H and O–H groups in total. The molecule has 0 amide bonds. The van der Waals surface area contributed by atoms with Gasteiger partial charge in [0.25, 0.3) is 0 Å². The Morgan fingerprint density at radius 2 is 1.50 bits per heavy atom. The van der Waals surface area contributed by atoms with Gasteiger partial charge in [-0.25, -0.2) is 12.2 Å². The maximum Gasteiger partial charge on any atom is 4.00 e. The molecule has 1 radical (unpaired) electrons. The third-order valence-electron chi connectivity index (χ3n) is 1.81. The molecule has 0 aromatic heterocycles. The molecule has 1 aliphatic rings. The first-order valence-corrected chi connectivity index (χ1v) is 8.16. The van der Waals surface area contributed by atoms with E-state index in [1.54, 1.807) is 0 Å². The molecular weight excluding hydrogens is 472 g/mol. The molecule has 0 fully saturated rings. The van der Waals surface area contributed by atoms with Gasteiger partial charge in [0.1, 0.15) is 0 Å². The molecule has 0 aliphatic heterocycles. The van der Waals surface area contributed by atoms with Crippen LogP contribution in [0.25, 0.3) is 5.73 Å². The van der Waals surface area contributed by atoms with Crippen molar-refractivity contribution in [3.63, 3.8) is 0 Å². The molecule has 1 aromatic carbocycles. The zero-order valence-electron chi connectivity index (χ0n) is 12.5. The molecule has 0 unspecified atom stereocenters. The minimum absolute atomic E-state index is 0. The maximum absolute atomic E-state index is 7.28. The van der Waals surface area contributed by atoms with E-state index in [1.807, 2.05) is 38.1 Å². The van der Waals surface area contributed by atoms with E-state index in [1.165, 1.54) is 11.1 Å². The van der Waals surface area contributed by atoms with Gasteiger partial charge in [-0.15, -0.1) is 12.1 Å². The average Bonchev–Trinajstić information content (AvgIpc) is 2.73. The monoisotopic (exact) mass is 494 g/mol. The minimum atomic E-state index is 0. The second kappa shape index (κ2) is 19.2. The van der Waals surface area contributed by atoms with Gasteiger partial charge in [-0.3, -0.25) is 6.08 Å². The molecule has 0 saturated carbocycles. The summed E-state index contributed by atoms with van der Waals surface area (Å²) in [6.07, 6.45) is 10.0. The van der Waals surface area contributed by atoms with Gasteiger partial charge in [0.05, 0.1) is 0 Å². The third-order valence-corrected chi connectivity index (χ3v) is 1.81. The molecule has 0 spiro atoms. The first-order chi connectivity index (χ1) is 8.10. The van der Waals surface area contributed by atoms with Gasteiger partial charge in [-0.05, 0) is 13.8 Å². The zero-order valence-corrected chi connectivity index (χ0v) is 18.8. The van der Waals surface area contributed by atoms with Crippen molar-refractivity contribution in [2.45, 2.75) is 33.4 Å². The fourth-order valence-electron chi connectivity index (χ4n) is 1.31. The van der Waals surface area contributed by atoms with E-state index in [0.717, 1.165) is 15.9 Å². The van der Waals surface area contributed by atoms with Crippen LogP contribution in [-0.4, -0.2) is 9.52 Å². The third kappa shape index (κ3) is 18.2. The topological polar surface area (TPSA) is 23.8 Å². The van der Waals surface area contributed by atoms with Crippen LogP contribution < -0.4 is 24.8 Å². The Labute approximate surface area is 157 Å². The Kier molecular flexibility index (Phi) is 27.2. The first-order valence-electron chi connectivity index (χ1n) is 5.85. The Balaban J connectivity index is -0.000000102. The summed E-state index contributed by atoms with van der Waals surface area (Å²) < 4.78 is 0. The Bertz CT molecular complexity index is 322. The van der Waals surface area contributed by atoms with Crippen LogP contribution in [0.1, 0.15) is 17.5 Å². The zero-order chi connectivity index (χ0) is 13.1. The van der Waals surface area contributed by atoms with Crippen LogP contribution in [0.3, 0.4) is 0 Å². The summed E-state index contributed by atoms with van der Waals surface area (Å²) in [4.78, 5) is 0. The summed E-state index contributed by atoms with van der Waals surface area (Å²) in [6.45, 7) is 8.43. The van der Waals surface area contributed by atoms with Crippen molar-refractivity contribution >= 4 is 15.2 Å². The number of halogens is 2. The van der Waals surface area contributed by atoms with Crippen molar-refractivity contribution in [1.82, 2.24) is 0 Å². The molecule has 5 heteroatoms.